The molecule has 2 aromatic rings. The minimum Gasteiger partial charge on any atom is -0.394 e. The summed E-state index contributed by atoms with van der Waals surface area (Å²) in [5, 5.41) is 2.50. The number of nitrogens with two attached hydrogens (primary N) is 1. The Morgan fingerprint density at radius 1 is 1.32 bits per heavy atom. The molecule has 0 unspecified atom stereocenters. The van der Waals surface area contributed by atoms with Crippen molar-refractivity contribution in [2.24, 2.45) is 0 Å². The van der Waals surface area contributed by atoms with Crippen LogP contribution in [0.3, 0.4) is 0 Å². The van der Waals surface area contributed by atoms with E-state index in [4.69, 9.17) is 5.73 Å². The number of carbonyl (C=O) groups excluding carboxylic acids is 1. The lowest BCUT2D eigenvalue weighted by atomic mass is 10.3. The van der Waals surface area contributed by atoms with Crippen LogP contribution in [0.5, 0.6) is 0 Å². The molecule has 0 aliphatic heterocycles. The maximum Gasteiger partial charge on any atom is 0.274 e. The van der Waals surface area contributed by atoms with E-state index in [2.05, 4.69) is 5.32 Å². The number of halogens is 1. The molecule has 0 aliphatic carbocycles. The molecule has 5 nitrogen and oxygen atoms in total. The molecule has 0 atom stereocenters. The Hall–Kier alpha value is -2.63. The van der Waals surface area contributed by atoms with Gasteiger partial charge >= 0.3 is 0 Å². The first-order valence-electron chi connectivity index (χ1n) is 5.56. The summed E-state index contributed by atoms with van der Waals surface area (Å²) in [6, 6.07) is 8.55. The van der Waals surface area contributed by atoms with E-state index < -0.39 is 17.3 Å². The van der Waals surface area contributed by atoms with E-state index >= 15 is 0 Å². The summed E-state index contributed by atoms with van der Waals surface area (Å²) < 4.78 is 14.1. The number of rotatable bonds is 3. The van der Waals surface area contributed by atoms with Gasteiger partial charge in [-0.15, -0.1) is 0 Å². The molecule has 19 heavy (non-hydrogen) atoms. The molecule has 0 saturated carbocycles. The van der Waals surface area contributed by atoms with Crippen molar-refractivity contribution >= 4 is 17.3 Å². The van der Waals surface area contributed by atoms with Crippen LogP contribution < -0.4 is 16.6 Å². The molecule has 1 heterocycles. The predicted molar refractivity (Wildman–Crippen MR) is 70.1 cm³/mol. The van der Waals surface area contributed by atoms with E-state index in [-0.39, 0.29) is 12.2 Å². The van der Waals surface area contributed by atoms with Gasteiger partial charge in [0.2, 0.25) is 5.91 Å². The van der Waals surface area contributed by atoms with Crippen LogP contribution in [0.1, 0.15) is 0 Å². The highest BCUT2D eigenvalue weighted by Gasteiger charge is 2.06. The van der Waals surface area contributed by atoms with Gasteiger partial charge in [-0.05, 0) is 30.3 Å². The summed E-state index contributed by atoms with van der Waals surface area (Å²) >= 11 is 0. The minimum absolute atomic E-state index is 0.0704. The van der Waals surface area contributed by atoms with Crippen molar-refractivity contribution in [3.63, 3.8) is 0 Å². The molecule has 0 saturated heterocycles. The monoisotopic (exact) mass is 261 g/mol. The normalized spacial score (nSPS) is 10.2. The zero-order valence-electron chi connectivity index (χ0n) is 9.97. The SMILES string of the molecule is Nc1cccn(CC(=O)Nc2cccc(F)c2)c1=O. The van der Waals surface area contributed by atoms with Gasteiger partial charge in [-0.1, -0.05) is 6.07 Å². The molecule has 98 valence electrons. The molecule has 0 radical (unpaired) electrons. The number of pyridine rings is 1. The van der Waals surface area contributed by atoms with E-state index in [1.807, 2.05) is 0 Å². The van der Waals surface area contributed by atoms with Crippen molar-refractivity contribution in [2.75, 3.05) is 11.1 Å². The number of nitrogens with one attached hydrogen (secondary N) is 1. The van der Waals surface area contributed by atoms with Gasteiger partial charge in [-0.3, -0.25) is 9.59 Å². The van der Waals surface area contributed by atoms with E-state index in [9.17, 15) is 14.0 Å². The largest absolute Gasteiger partial charge is 0.394 e. The third kappa shape index (κ3) is 3.19. The maximum absolute atomic E-state index is 12.9. The first kappa shape index (κ1) is 12.8. The third-order valence-corrected chi connectivity index (χ3v) is 2.47. The number of carbonyl (C=O) groups is 1. The lowest BCUT2D eigenvalue weighted by Gasteiger charge is -2.07. The van der Waals surface area contributed by atoms with Crippen molar-refractivity contribution in [1.82, 2.24) is 4.57 Å². The second kappa shape index (κ2) is 5.34. The molecule has 2 rings (SSSR count). The van der Waals surface area contributed by atoms with Crippen molar-refractivity contribution in [3.8, 4) is 0 Å². The van der Waals surface area contributed by atoms with Crippen molar-refractivity contribution in [3.05, 3.63) is 58.8 Å². The summed E-state index contributed by atoms with van der Waals surface area (Å²) in [6.45, 7) is -0.180. The highest BCUT2D eigenvalue weighted by molar-refractivity contribution is 5.90. The highest BCUT2D eigenvalue weighted by Crippen LogP contribution is 2.08. The maximum atomic E-state index is 12.9. The van der Waals surface area contributed by atoms with Gasteiger partial charge in [0.1, 0.15) is 12.4 Å². The Labute approximate surface area is 108 Å². The summed E-state index contributed by atoms with van der Waals surface area (Å²) in [7, 11) is 0. The summed E-state index contributed by atoms with van der Waals surface area (Å²) in [5.41, 5.74) is 5.43. The van der Waals surface area contributed by atoms with Crippen LogP contribution >= 0.6 is 0 Å². The zero-order valence-corrected chi connectivity index (χ0v) is 9.97. The van der Waals surface area contributed by atoms with Gasteiger partial charge in [0.05, 0.1) is 5.69 Å². The van der Waals surface area contributed by atoms with Gasteiger partial charge in [0, 0.05) is 11.9 Å². The smallest absolute Gasteiger partial charge is 0.274 e. The van der Waals surface area contributed by atoms with Crippen LogP contribution in [0.25, 0.3) is 0 Å². The molecule has 0 fully saturated rings. The van der Waals surface area contributed by atoms with Crippen LogP contribution in [-0.2, 0) is 11.3 Å². The first-order chi connectivity index (χ1) is 9.06. The Bertz CT molecular complexity index is 667. The number of nitrogen functional groups attached to an aromatic ring is 1. The Balaban J connectivity index is 2.10. The third-order valence-electron chi connectivity index (χ3n) is 2.47. The fourth-order valence-electron chi connectivity index (χ4n) is 1.60. The fourth-order valence-corrected chi connectivity index (χ4v) is 1.60. The van der Waals surface area contributed by atoms with E-state index in [1.165, 1.54) is 35.0 Å². The molecule has 0 spiro atoms. The number of nitrogens with zero attached hydrogens (tertiary/aromatic N) is 1. The summed E-state index contributed by atoms with van der Waals surface area (Å²) in [6.07, 6.45) is 1.46. The second-order valence-electron chi connectivity index (χ2n) is 3.96. The van der Waals surface area contributed by atoms with Gasteiger partial charge in [0.15, 0.2) is 0 Å². The lowest BCUT2D eigenvalue weighted by Crippen LogP contribution is -2.28. The average molecular weight is 261 g/mol. The standard InChI is InChI=1S/C13H12FN3O2/c14-9-3-1-4-10(7-9)16-12(18)8-17-6-2-5-11(15)13(17)19/h1-7H,8,15H2,(H,16,18). The predicted octanol–water partition coefficient (Wildman–Crippen LogP) is 1.21. The van der Waals surface area contributed by atoms with Gasteiger partial charge in [-0.25, -0.2) is 4.39 Å². The zero-order chi connectivity index (χ0) is 13.8. The van der Waals surface area contributed by atoms with Gasteiger partial charge < -0.3 is 15.6 Å². The topological polar surface area (TPSA) is 77.1 Å². The Kier molecular flexibility index (Phi) is 3.61. The molecular formula is C13H12FN3O2. The van der Waals surface area contributed by atoms with Crippen LogP contribution in [-0.4, -0.2) is 10.5 Å². The quantitative estimate of drug-likeness (QED) is 0.871. The van der Waals surface area contributed by atoms with E-state index in [1.54, 1.807) is 12.1 Å². The molecule has 1 aromatic carbocycles. The minimum atomic E-state index is -0.445. The van der Waals surface area contributed by atoms with E-state index in [0.717, 1.165) is 0 Å². The molecule has 1 aromatic heterocycles. The van der Waals surface area contributed by atoms with Crippen molar-refractivity contribution in [2.45, 2.75) is 6.54 Å². The Morgan fingerprint density at radius 3 is 2.84 bits per heavy atom. The first-order valence-corrected chi connectivity index (χ1v) is 5.56. The molecule has 3 N–H and O–H groups in total. The molecule has 6 heteroatoms. The number of hydrogen-bond donors (Lipinski definition) is 2. The van der Waals surface area contributed by atoms with Crippen molar-refractivity contribution in [1.29, 1.82) is 0 Å². The number of anilines is 2. The van der Waals surface area contributed by atoms with Crippen molar-refractivity contribution < 1.29 is 9.18 Å². The molecule has 1 amide bonds. The number of hydrogen-bond acceptors (Lipinski definition) is 3. The van der Waals surface area contributed by atoms with E-state index in [0.29, 0.717) is 5.69 Å². The summed E-state index contributed by atoms with van der Waals surface area (Å²) in [5.74, 6) is -0.878. The van der Waals surface area contributed by atoms with Crippen LogP contribution in [0, 0.1) is 5.82 Å². The average Bonchev–Trinajstić information content (AvgIpc) is 2.35. The number of aromatic nitrogens is 1. The van der Waals surface area contributed by atoms with Gasteiger partial charge in [0.25, 0.3) is 5.56 Å². The molecular weight excluding hydrogens is 249 g/mol. The van der Waals surface area contributed by atoms with Gasteiger partial charge in [-0.2, -0.15) is 0 Å². The fraction of sp³-hybridized carbons (Fsp3) is 0.0769. The Morgan fingerprint density at radius 2 is 2.11 bits per heavy atom. The molecule has 0 bridgehead atoms. The summed E-state index contributed by atoms with van der Waals surface area (Å²) in [4.78, 5) is 23.3. The lowest BCUT2D eigenvalue weighted by molar-refractivity contribution is -0.116. The van der Waals surface area contributed by atoms with Crippen LogP contribution in [0.4, 0.5) is 15.8 Å². The second-order valence-corrected chi connectivity index (χ2v) is 3.96. The molecule has 0 aliphatic rings. The van der Waals surface area contributed by atoms with Crippen LogP contribution in [0.15, 0.2) is 47.4 Å². The number of amides is 1. The number of benzene rings is 1. The van der Waals surface area contributed by atoms with Crippen LogP contribution in [0.2, 0.25) is 0 Å². The highest BCUT2D eigenvalue weighted by atomic mass is 19.1.